The van der Waals surface area contributed by atoms with Crippen molar-refractivity contribution in [1.29, 1.82) is 0 Å². The van der Waals surface area contributed by atoms with Crippen molar-refractivity contribution in [1.82, 2.24) is 4.90 Å². The molecule has 2 aromatic rings. The number of amides is 1. The van der Waals surface area contributed by atoms with Crippen molar-refractivity contribution in [3.8, 4) is 0 Å². The molecule has 4 heteroatoms. The number of nitrogens with one attached hydrogen (secondary N) is 1. The Balaban J connectivity index is 1.44. The molecule has 4 rings (SSSR count). The van der Waals surface area contributed by atoms with Gasteiger partial charge in [0.2, 0.25) is 5.91 Å². The van der Waals surface area contributed by atoms with Crippen molar-refractivity contribution in [2.24, 2.45) is 0 Å². The number of furan rings is 1. The standard InChI is InChI=1S/C23H32N2O2/c26-23(13-16-24-14-7-2-8-15-24)25(20-10-3-1-4-11-20)18-21-17-19-9-5-6-12-22(19)27-21/h5-6,9,12,17,20H,1-4,7-8,10-11,13-16,18H2/p+1. The largest absolute Gasteiger partial charge is 0.459 e. The van der Waals surface area contributed by atoms with E-state index in [2.05, 4.69) is 17.0 Å². The average molecular weight is 370 g/mol. The van der Waals surface area contributed by atoms with Crippen LogP contribution in [0.3, 0.4) is 0 Å². The van der Waals surface area contributed by atoms with E-state index in [4.69, 9.17) is 4.42 Å². The van der Waals surface area contributed by atoms with Crippen LogP contribution in [-0.2, 0) is 11.3 Å². The highest BCUT2D eigenvalue weighted by atomic mass is 16.3. The molecule has 2 aliphatic rings. The number of hydrogen-bond donors (Lipinski definition) is 1. The molecule has 1 amide bonds. The summed E-state index contributed by atoms with van der Waals surface area (Å²) in [4.78, 5) is 16.9. The van der Waals surface area contributed by atoms with Gasteiger partial charge >= 0.3 is 0 Å². The molecule has 0 bridgehead atoms. The lowest BCUT2D eigenvalue weighted by molar-refractivity contribution is -0.904. The maximum atomic E-state index is 13.2. The van der Waals surface area contributed by atoms with Crippen LogP contribution < -0.4 is 4.90 Å². The molecular weight excluding hydrogens is 336 g/mol. The number of hydrogen-bond acceptors (Lipinski definition) is 2. The van der Waals surface area contributed by atoms with Crippen molar-refractivity contribution >= 4 is 16.9 Å². The fraction of sp³-hybridized carbons (Fsp3) is 0.609. The first-order chi connectivity index (χ1) is 13.3. The van der Waals surface area contributed by atoms with Crippen LogP contribution in [0, 0.1) is 0 Å². The summed E-state index contributed by atoms with van der Waals surface area (Å²) in [7, 11) is 0. The van der Waals surface area contributed by atoms with Crippen LogP contribution in [0.25, 0.3) is 11.0 Å². The topological polar surface area (TPSA) is 37.9 Å². The van der Waals surface area contributed by atoms with Crippen LogP contribution in [0.15, 0.2) is 34.7 Å². The Morgan fingerprint density at radius 1 is 1.04 bits per heavy atom. The van der Waals surface area contributed by atoms with E-state index in [1.54, 1.807) is 4.90 Å². The minimum Gasteiger partial charge on any atom is -0.459 e. The van der Waals surface area contributed by atoms with Gasteiger partial charge in [0, 0.05) is 11.4 Å². The van der Waals surface area contributed by atoms with Gasteiger partial charge in [0.1, 0.15) is 11.3 Å². The fourth-order valence-corrected chi connectivity index (χ4v) is 4.83. The van der Waals surface area contributed by atoms with Gasteiger partial charge in [0.15, 0.2) is 0 Å². The van der Waals surface area contributed by atoms with Gasteiger partial charge in [-0.05, 0) is 44.2 Å². The Hall–Kier alpha value is -1.81. The number of para-hydroxylation sites is 1. The monoisotopic (exact) mass is 369 g/mol. The number of rotatable bonds is 6. The van der Waals surface area contributed by atoms with Gasteiger partial charge in [-0.15, -0.1) is 0 Å². The molecule has 1 aromatic carbocycles. The van der Waals surface area contributed by atoms with Crippen LogP contribution >= 0.6 is 0 Å². The van der Waals surface area contributed by atoms with E-state index >= 15 is 0 Å². The summed E-state index contributed by atoms with van der Waals surface area (Å²) in [5, 5.41) is 1.13. The van der Waals surface area contributed by atoms with Crippen molar-refractivity contribution in [3.05, 3.63) is 36.1 Å². The molecule has 1 N–H and O–H groups in total. The second-order valence-corrected chi connectivity index (χ2v) is 8.37. The van der Waals surface area contributed by atoms with Gasteiger partial charge in [-0.1, -0.05) is 37.5 Å². The molecule has 4 nitrogen and oxygen atoms in total. The minimum atomic E-state index is 0.320. The fourth-order valence-electron chi connectivity index (χ4n) is 4.83. The zero-order valence-electron chi connectivity index (χ0n) is 16.4. The molecule has 146 valence electrons. The van der Waals surface area contributed by atoms with Crippen molar-refractivity contribution in [2.45, 2.75) is 70.4 Å². The highest BCUT2D eigenvalue weighted by Crippen LogP contribution is 2.26. The minimum absolute atomic E-state index is 0.320. The SMILES string of the molecule is O=C(CC[NH+]1CCCCC1)N(Cc1cc2ccccc2o1)C1CCCCC1. The van der Waals surface area contributed by atoms with Gasteiger partial charge < -0.3 is 14.2 Å². The molecule has 1 aromatic heterocycles. The van der Waals surface area contributed by atoms with E-state index in [-0.39, 0.29) is 0 Å². The van der Waals surface area contributed by atoms with Crippen LogP contribution in [-0.4, -0.2) is 36.5 Å². The van der Waals surface area contributed by atoms with Crippen LogP contribution in [0.5, 0.6) is 0 Å². The smallest absolute Gasteiger partial charge is 0.228 e. The van der Waals surface area contributed by atoms with Gasteiger partial charge in [0.25, 0.3) is 0 Å². The molecule has 0 radical (unpaired) electrons. The highest BCUT2D eigenvalue weighted by Gasteiger charge is 2.27. The summed E-state index contributed by atoms with van der Waals surface area (Å²) in [6.07, 6.45) is 10.7. The van der Waals surface area contributed by atoms with Gasteiger partial charge in [-0.2, -0.15) is 0 Å². The maximum absolute atomic E-state index is 13.2. The lowest BCUT2D eigenvalue weighted by Gasteiger charge is -2.34. The lowest BCUT2D eigenvalue weighted by atomic mass is 9.93. The number of fused-ring (bicyclic) bond motifs is 1. The predicted molar refractivity (Wildman–Crippen MR) is 108 cm³/mol. The first-order valence-electron chi connectivity index (χ1n) is 10.9. The number of benzene rings is 1. The number of carbonyl (C=O) groups excluding carboxylic acids is 1. The van der Waals surface area contributed by atoms with Crippen LogP contribution in [0.4, 0.5) is 0 Å². The van der Waals surface area contributed by atoms with E-state index in [1.165, 1.54) is 51.6 Å². The van der Waals surface area contributed by atoms with E-state index in [9.17, 15) is 4.79 Å². The number of nitrogens with zero attached hydrogens (tertiary/aromatic N) is 1. The molecule has 0 spiro atoms. The molecular formula is C23H33N2O2+. The zero-order valence-corrected chi connectivity index (χ0v) is 16.4. The van der Waals surface area contributed by atoms with Crippen molar-refractivity contribution in [2.75, 3.05) is 19.6 Å². The highest BCUT2D eigenvalue weighted by molar-refractivity contribution is 5.79. The third-order valence-electron chi connectivity index (χ3n) is 6.39. The van der Waals surface area contributed by atoms with Crippen molar-refractivity contribution in [3.63, 3.8) is 0 Å². The summed E-state index contributed by atoms with van der Waals surface area (Å²) in [5.74, 6) is 1.24. The van der Waals surface area contributed by atoms with E-state index in [0.717, 1.165) is 36.1 Å². The van der Waals surface area contributed by atoms with Crippen LogP contribution in [0.2, 0.25) is 0 Å². The Morgan fingerprint density at radius 3 is 2.56 bits per heavy atom. The maximum Gasteiger partial charge on any atom is 0.228 e. The quantitative estimate of drug-likeness (QED) is 0.846. The lowest BCUT2D eigenvalue weighted by Crippen LogP contribution is -3.12. The van der Waals surface area contributed by atoms with Gasteiger partial charge in [-0.25, -0.2) is 0 Å². The normalized spacial score (nSPS) is 19.4. The molecule has 27 heavy (non-hydrogen) atoms. The Kier molecular flexibility index (Phi) is 6.13. The molecule has 0 unspecified atom stereocenters. The van der Waals surface area contributed by atoms with Crippen LogP contribution in [0.1, 0.15) is 63.5 Å². The number of quaternary nitrogens is 1. The predicted octanol–water partition coefficient (Wildman–Crippen LogP) is 3.55. The van der Waals surface area contributed by atoms with E-state index in [1.807, 2.05) is 18.2 Å². The molecule has 1 saturated heterocycles. The number of likely N-dealkylation sites (tertiary alicyclic amines) is 1. The third kappa shape index (κ3) is 4.73. The molecule has 1 saturated carbocycles. The number of carbonyl (C=O) groups is 1. The van der Waals surface area contributed by atoms with E-state index < -0.39 is 0 Å². The Morgan fingerprint density at radius 2 is 1.78 bits per heavy atom. The molecule has 2 fully saturated rings. The first kappa shape index (κ1) is 18.5. The van der Waals surface area contributed by atoms with Crippen molar-refractivity contribution < 1.29 is 14.1 Å². The second-order valence-electron chi connectivity index (χ2n) is 8.37. The number of piperidine rings is 1. The average Bonchev–Trinajstić information content (AvgIpc) is 3.14. The van der Waals surface area contributed by atoms with E-state index in [0.29, 0.717) is 24.9 Å². The first-order valence-corrected chi connectivity index (χ1v) is 10.9. The summed E-state index contributed by atoms with van der Waals surface area (Å²) in [6, 6.07) is 10.6. The second kappa shape index (κ2) is 8.92. The third-order valence-corrected chi connectivity index (χ3v) is 6.39. The van der Waals surface area contributed by atoms with Gasteiger partial charge in [0.05, 0.1) is 32.6 Å². The summed E-state index contributed by atoms with van der Waals surface area (Å²) >= 11 is 0. The molecule has 0 atom stereocenters. The summed E-state index contributed by atoms with van der Waals surface area (Å²) in [6.45, 7) is 4.08. The Labute approximate surface area is 162 Å². The Bertz CT molecular complexity index is 709. The summed E-state index contributed by atoms with van der Waals surface area (Å²) < 4.78 is 6.03. The molecule has 1 aliphatic carbocycles. The van der Waals surface area contributed by atoms with Gasteiger partial charge in [-0.3, -0.25) is 4.79 Å². The molecule has 1 aliphatic heterocycles. The zero-order chi connectivity index (χ0) is 18.5. The summed E-state index contributed by atoms with van der Waals surface area (Å²) in [5.41, 5.74) is 0.918. The molecule has 2 heterocycles.